The summed E-state index contributed by atoms with van der Waals surface area (Å²) >= 11 is 0. The van der Waals surface area contributed by atoms with Crippen LogP contribution in [0.1, 0.15) is 46.2 Å². The highest BCUT2D eigenvalue weighted by Gasteiger charge is 2.11. The van der Waals surface area contributed by atoms with E-state index in [1.54, 1.807) is 0 Å². The Hall–Kier alpha value is -1.61. The van der Waals surface area contributed by atoms with Crippen molar-refractivity contribution in [2.75, 3.05) is 6.61 Å². The van der Waals surface area contributed by atoms with Gasteiger partial charge in [-0.25, -0.2) is 4.98 Å². The summed E-state index contributed by atoms with van der Waals surface area (Å²) in [6, 6.07) is 10.4. The fraction of sp³-hybridized carbons (Fsp3) is 0.500. The summed E-state index contributed by atoms with van der Waals surface area (Å²) in [7, 11) is 0. The monoisotopic (exact) mass is 286 g/mol. The average Bonchev–Trinajstić information content (AvgIpc) is 2.44. The number of aromatic nitrogens is 1. The molecule has 0 saturated heterocycles. The fourth-order valence-electron chi connectivity index (χ4n) is 2.09. The van der Waals surface area contributed by atoms with Crippen LogP contribution < -0.4 is 10.1 Å². The lowest BCUT2D eigenvalue weighted by atomic mass is 10.1. The van der Waals surface area contributed by atoms with Gasteiger partial charge in [0.05, 0.1) is 12.3 Å². The molecule has 0 amide bonds. The molecule has 0 aliphatic heterocycles. The van der Waals surface area contributed by atoms with Crippen LogP contribution >= 0.6 is 0 Å². The van der Waals surface area contributed by atoms with Gasteiger partial charge in [-0.3, -0.25) is 0 Å². The Bertz CT molecular complexity index is 587. The first-order valence-corrected chi connectivity index (χ1v) is 7.76. The van der Waals surface area contributed by atoms with E-state index in [4.69, 9.17) is 9.72 Å². The van der Waals surface area contributed by atoms with Gasteiger partial charge in [-0.1, -0.05) is 31.5 Å². The summed E-state index contributed by atoms with van der Waals surface area (Å²) in [5, 5.41) is 5.76. The summed E-state index contributed by atoms with van der Waals surface area (Å²) in [4.78, 5) is 4.69. The number of fused-ring (bicyclic) bond motifs is 1. The van der Waals surface area contributed by atoms with Crippen LogP contribution in [0.15, 0.2) is 30.3 Å². The molecule has 1 N–H and O–H groups in total. The first-order valence-electron chi connectivity index (χ1n) is 7.76. The van der Waals surface area contributed by atoms with E-state index in [-0.39, 0.29) is 5.54 Å². The van der Waals surface area contributed by atoms with Crippen molar-refractivity contribution in [1.29, 1.82) is 0 Å². The lowest BCUT2D eigenvalue weighted by Gasteiger charge is -2.20. The highest BCUT2D eigenvalue weighted by Crippen LogP contribution is 2.25. The SMILES string of the molecule is CCCCOc1nc(CNC(C)(C)C)cc2ccccc12. The van der Waals surface area contributed by atoms with Crippen LogP contribution in [0.2, 0.25) is 0 Å². The number of benzene rings is 1. The Balaban J connectivity index is 2.26. The van der Waals surface area contributed by atoms with Crippen LogP contribution in [0.3, 0.4) is 0 Å². The van der Waals surface area contributed by atoms with Crippen LogP contribution in [-0.4, -0.2) is 17.1 Å². The maximum atomic E-state index is 5.89. The van der Waals surface area contributed by atoms with E-state index in [1.807, 2.05) is 6.07 Å². The molecule has 0 aliphatic rings. The van der Waals surface area contributed by atoms with Crippen molar-refractivity contribution in [3.8, 4) is 5.88 Å². The van der Waals surface area contributed by atoms with Crippen molar-refractivity contribution in [2.45, 2.75) is 52.6 Å². The van der Waals surface area contributed by atoms with E-state index in [1.165, 1.54) is 5.39 Å². The second-order valence-electron chi connectivity index (χ2n) is 6.45. The Morgan fingerprint density at radius 2 is 1.95 bits per heavy atom. The molecule has 1 aromatic carbocycles. The first-order chi connectivity index (χ1) is 9.99. The van der Waals surface area contributed by atoms with Crippen LogP contribution in [0.4, 0.5) is 0 Å². The zero-order valence-corrected chi connectivity index (χ0v) is 13.6. The van der Waals surface area contributed by atoms with E-state index in [9.17, 15) is 0 Å². The minimum atomic E-state index is 0.0799. The maximum Gasteiger partial charge on any atom is 0.221 e. The van der Waals surface area contributed by atoms with E-state index in [2.05, 4.69) is 57.3 Å². The largest absolute Gasteiger partial charge is 0.477 e. The summed E-state index contributed by atoms with van der Waals surface area (Å²) in [6.45, 7) is 10.1. The van der Waals surface area contributed by atoms with Gasteiger partial charge in [-0.05, 0) is 44.7 Å². The Kier molecular flexibility index (Phi) is 5.18. The lowest BCUT2D eigenvalue weighted by Crippen LogP contribution is -2.35. The molecule has 0 fully saturated rings. The number of nitrogens with zero attached hydrogens (tertiary/aromatic N) is 1. The Morgan fingerprint density at radius 1 is 1.19 bits per heavy atom. The normalized spacial score (nSPS) is 11.8. The number of ether oxygens (including phenoxy) is 1. The van der Waals surface area contributed by atoms with E-state index >= 15 is 0 Å². The topological polar surface area (TPSA) is 34.1 Å². The van der Waals surface area contributed by atoms with Gasteiger partial charge in [0.15, 0.2) is 0 Å². The van der Waals surface area contributed by atoms with E-state index < -0.39 is 0 Å². The molecule has 0 unspecified atom stereocenters. The van der Waals surface area contributed by atoms with Crippen LogP contribution in [0.25, 0.3) is 10.8 Å². The molecule has 2 aromatic rings. The molecular weight excluding hydrogens is 260 g/mol. The quantitative estimate of drug-likeness (QED) is 0.804. The van der Waals surface area contributed by atoms with Gasteiger partial charge in [0.2, 0.25) is 5.88 Å². The third-order valence-corrected chi connectivity index (χ3v) is 3.29. The Morgan fingerprint density at radius 3 is 2.67 bits per heavy atom. The summed E-state index contributed by atoms with van der Waals surface area (Å²) in [5.74, 6) is 0.757. The molecule has 0 bridgehead atoms. The molecule has 0 spiro atoms. The molecule has 3 heteroatoms. The number of hydrogen-bond donors (Lipinski definition) is 1. The first kappa shape index (κ1) is 15.8. The summed E-state index contributed by atoms with van der Waals surface area (Å²) < 4.78 is 5.89. The van der Waals surface area contributed by atoms with Crippen LogP contribution in [-0.2, 0) is 6.54 Å². The van der Waals surface area contributed by atoms with Gasteiger partial charge in [0.25, 0.3) is 0 Å². The fourth-order valence-corrected chi connectivity index (χ4v) is 2.09. The number of unbranched alkanes of at least 4 members (excludes halogenated alkanes) is 1. The van der Waals surface area contributed by atoms with E-state index in [0.717, 1.165) is 43.0 Å². The zero-order valence-electron chi connectivity index (χ0n) is 13.6. The number of pyridine rings is 1. The van der Waals surface area contributed by atoms with Crippen molar-refractivity contribution in [3.63, 3.8) is 0 Å². The number of rotatable bonds is 6. The molecule has 21 heavy (non-hydrogen) atoms. The number of nitrogens with one attached hydrogen (secondary N) is 1. The van der Waals surface area contributed by atoms with Crippen molar-refractivity contribution in [3.05, 3.63) is 36.0 Å². The maximum absolute atomic E-state index is 5.89. The second-order valence-corrected chi connectivity index (χ2v) is 6.45. The van der Waals surface area contributed by atoms with Crippen molar-refractivity contribution < 1.29 is 4.74 Å². The molecule has 0 atom stereocenters. The van der Waals surface area contributed by atoms with Gasteiger partial charge in [0.1, 0.15) is 0 Å². The van der Waals surface area contributed by atoms with Crippen molar-refractivity contribution in [1.82, 2.24) is 10.3 Å². The lowest BCUT2D eigenvalue weighted by molar-refractivity contribution is 0.300. The second kappa shape index (κ2) is 6.90. The number of hydrogen-bond acceptors (Lipinski definition) is 3. The Labute approximate surface area is 127 Å². The zero-order chi connectivity index (χ0) is 15.3. The molecule has 0 aliphatic carbocycles. The summed E-state index contributed by atoms with van der Waals surface area (Å²) in [6.07, 6.45) is 2.18. The third kappa shape index (κ3) is 4.71. The van der Waals surface area contributed by atoms with Crippen LogP contribution in [0.5, 0.6) is 5.88 Å². The third-order valence-electron chi connectivity index (χ3n) is 3.29. The van der Waals surface area contributed by atoms with Crippen molar-refractivity contribution >= 4 is 10.8 Å². The molecule has 1 aromatic heterocycles. The standard InChI is InChI=1S/C18H26N2O/c1-5-6-11-21-17-16-10-8-7-9-14(16)12-15(20-17)13-19-18(2,3)4/h7-10,12,19H,5-6,11,13H2,1-4H3. The predicted octanol–water partition coefficient (Wildman–Crippen LogP) is 4.30. The highest BCUT2D eigenvalue weighted by atomic mass is 16.5. The molecular formula is C18H26N2O. The molecule has 0 saturated carbocycles. The van der Waals surface area contributed by atoms with Gasteiger partial charge < -0.3 is 10.1 Å². The van der Waals surface area contributed by atoms with Gasteiger partial charge in [-0.2, -0.15) is 0 Å². The van der Waals surface area contributed by atoms with Gasteiger partial charge >= 0.3 is 0 Å². The molecule has 114 valence electrons. The molecule has 1 heterocycles. The van der Waals surface area contributed by atoms with Crippen LogP contribution in [0, 0.1) is 0 Å². The molecule has 2 rings (SSSR count). The van der Waals surface area contributed by atoms with Gasteiger partial charge in [0, 0.05) is 17.5 Å². The smallest absolute Gasteiger partial charge is 0.221 e. The summed E-state index contributed by atoms with van der Waals surface area (Å²) in [5.41, 5.74) is 1.10. The predicted molar refractivity (Wildman–Crippen MR) is 88.7 cm³/mol. The van der Waals surface area contributed by atoms with E-state index in [0.29, 0.717) is 0 Å². The molecule has 0 radical (unpaired) electrons. The van der Waals surface area contributed by atoms with Crippen molar-refractivity contribution in [2.24, 2.45) is 0 Å². The highest BCUT2D eigenvalue weighted by molar-refractivity contribution is 5.87. The molecule has 3 nitrogen and oxygen atoms in total. The van der Waals surface area contributed by atoms with Gasteiger partial charge in [-0.15, -0.1) is 0 Å². The average molecular weight is 286 g/mol. The minimum absolute atomic E-state index is 0.0799. The minimum Gasteiger partial charge on any atom is -0.477 e.